The minimum absolute atomic E-state index is 0.291. The first-order valence-electron chi connectivity index (χ1n) is 6.23. The largest absolute Gasteiger partial charge is 0.241 e. The zero-order valence-electron chi connectivity index (χ0n) is 11.3. The van der Waals surface area contributed by atoms with Crippen LogP contribution in [0, 0.1) is 6.92 Å². The molecule has 1 N–H and O–H groups in total. The molecular weight excluding hydrogens is 338 g/mol. The Morgan fingerprint density at radius 2 is 1.80 bits per heavy atom. The molecule has 0 aliphatic rings. The van der Waals surface area contributed by atoms with Crippen LogP contribution in [-0.2, 0) is 10.0 Å². The van der Waals surface area contributed by atoms with E-state index in [9.17, 15) is 8.42 Å². The molecule has 0 bridgehead atoms. The van der Waals surface area contributed by atoms with Crippen molar-refractivity contribution in [2.45, 2.75) is 24.8 Å². The van der Waals surface area contributed by atoms with Crippen molar-refractivity contribution >= 4 is 26.0 Å². The number of hydrogen-bond acceptors (Lipinski definition) is 2. The second-order valence-electron chi connectivity index (χ2n) is 4.71. The first-order valence-corrected chi connectivity index (χ1v) is 8.50. The highest BCUT2D eigenvalue weighted by atomic mass is 79.9. The van der Waals surface area contributed by atoms with Crippen molar-refractivity contribution in [2.24, 2.45) is 0 Å². The van der Waals surface area contributed by atoms with E-state index in [4.69, 9.17) is 0 Å². The summed E-state index contributed by atoms with van der Waals surface area (Å²) in [4.78, 5) is 0.291. The van der Waals surface area contributed by atoms with E-state index in [1.807, 2.05) is 44.2 Å². The topological polar surface area (TPSA) is 46.2 Å². The summed E-state index contributed by atoms with van der Waals surface area (Å²) in [5.74, 6) is 0. The van der Waals surface area contributed by atoms with Gasteiger partial charge in [-0.2, -0.15) is 0 Å². The van der Waals surface area contributed by atoms with Crippen molar-refractivity contribution < 1.29 is 8.42 Å². The van der Waals surface area contributed by atoms with Crippen molar-refractivity contribution in [3.8, 4) is 0 Å². The Bertz CT molecular complexity index is 713. The summed E-state index contributed by atoms with van der Waals surface area (Å²) < 4.78 is 28.3. The Morgan fingerprint density at radius 3 is 2.45 bits per heavy atom. The highest BCUT2D eigenvalue weighted by molar-refractivity contribution is 9.10. The summed E-state index contributed by atoms with van der Waals surface area (Å²) >= 11 is 3.39. The van der Waals surface area contributed by atoms with Gasteiger partial charge in [0.15, 0.2) is 0 Å². The molecule has 0 fully saturated rings. The fraction of sp³-hybridized carbons (Fsp3) is 0.200. The van der Waals surface area contributed by atoms with Crippen molar-refractivity contribution in [3.05, 3.63) is 64.1 Å². The first kappa shape index (κ1) is 15.2. The molecule has 3 nitrogen and oxygen atoms in total. The Kier molecular flexibility index (Phi) is 4.62. The smallest absolute Gasteiger partial charge is 0.207 e. The predicted octanol–water partition coefficient (Wildman–Crippen LogP) is 3.80. The molecule has 106 valence electrons. The van der Waals surface area contributed by atoms with E-state index in [0.29, 0.717) is 4.90 Å². The van der Waals surface area contributed by atoms with Crippen LogP contribution >= 0.6 is 15.9 Å². The number of benzene rings is 2. The number of aryl methyl sites for hydroxylation is 1. The maximum absolute atomic E-state index is 12.3. The molecule has 0 saturated heterocycles. The number of nitrogens with one attached hydrogen (secondary N) is 1. The van der Waals surface area contributed by atoms with Gasteiger partial charge < -0.3 is 0 Å². The number of halogens is 1. The minimum Gasteiger partial charge on any atom is -0.207 e. The van der Waals surface area contributed by atoms with Gasteiger partial charge in [-0.05, 0) is 49.2 Å². The lowest BCUT2D eigenvalue weighted by Gasteiger charge is -2.15. The van der Waals surface area contributed by atoms with Gasteiger partial charge in [-0.15, -0.1) is 0 Å². The van der Waals surface area contributed by atoms with Crippen LogP contribution in [0.3, 0.4) is 0 Å². The van der Waals surface area contributed by atoms with Gasteiger partial charge in [0.05, 0.1) is 4.90 Å². The standard InChI is InChI=1S/C15H16BrNO2S/c1-11-5-3-8-15(9-11)20(18,19)17-12(2)13-6-4-7-14(16)10-13/h3-10,12,17H,1-2H3/t12-/m0/s1. The molecule has 0 unspecified atom stereocenters. The summed E-state index contributed by atoms with van der Waals surface area (Å²) in [7, 11) is -3.51. The fourth-order valence-corrected chi connectivity index (χ4v) is 3.68. The molecule has 2 aromatic rings. The van der Waals surface area contributed by atoms with Crippen LogP contribution in [0.5, 0.6) is 0 Å². The van der Waals surface area contributed by atoms with Gasteiger partial charge in [0.2, 0.25) is 10.0 Å². The molecule has 0 amide bonds. The molecule has 1 atom stereocenters. The molecule has 2 aromatic carbocycles. The van der Waals surface area contributed by atoms with Gasteiger partial charge in [0.1, 0.15) is 0 Å². The molecule has 2 rings (SSSR count). The average molecular weight is 354 g/mol. The summed E-state index contributed by atoms with van der Waals surface area (Å²) in [5.41, 5.74) is 1.83. The quantitative estimate of drug-likeness (QED) is 0.908. The van der Waals surface area contributed by atoms with E-state index >= 15 is 0 Å². The zero-order chi connectivity index (χ0) is 14.8. The molecule has 0 aliphatic heterocycles. The normalized spacial score (nSPS) is 13.2. The van der Waals surface area contributed by atoms with E-state index < -0.39 is 10.0 Å². The Morgan fingerprint density at radius 1 is 1.10 bits per heavy atom. The lowest BCUT2D eigenvalue weighted by Crippen LogP contribution is -2.26. The molecule has 0 radical (unpaired) electrons. The maximum atomic E-state index is 12.3. The molecule has 0 aromatic heterocycles. The molecular formula is C15H16BrNO2S. The average Bonchev–Trinajstić information content (AvgIpc) is 2.38. The van der Waals surface area contributed by atoms with E-state index in [0.717, 1.165) is 15.6 Å². The highest BCUT2D eigenvalue weighted by Crippen LogP contribution is 2.20. The summed E-state index contributed by atoms with van der Waals surface area (Å²) in [5, 5.41) is 0. The van der Waals surface area contributed by atoms with Gasteiger partial charge in [0, 0.05) is 10.5 Å². The molecule has 0 spiro atoms. The van der Waals surface area contributed by atoms with Crippen molar-refractivity contribution in [1.29, 1.82) is 0 Å². The summed E-state index contributed by atoms with van der Waals surface area (Å²) in [6, 6.07) is 14.2. The third-order valence-electron chi connectivity index (χ3n) is 2.98. The predicted molar refractivity (Wildman–Crippen MR) is 84.1 cm³/mol. The highest BCUT2D eigenvalue weighted by Gasteiger charge is 2.18. The zero-order valence-corrected chi connectivity index (χ0v) is 13.7. The van der Waals surface area contributed by atoms with Gasteiger partial charge in [0.25, 0.3) is 0 Å². The SMILES string of the molecule is Cc1cccc(S(=O)(=O)N[C@@H](C)c2cccc(Br)c2)c1. The Labute approximate surface area is 128 Å². The van der Waals surface area contributed by atoms with Crippen LogP contribution in [0.4, 0.5) is 0 Å². The van der Waals surface area contributed by atoms with Crippen molar-refractivity contribution in [1.82, 2.24) is 4.72 Å². The van der Waals surface area contributed by atoms with Gasteiger partial charge in [-0.3, -0.25) is 0 Å². The number of hydrogen-bond donors (Lipinski definition) is 1. The second kappa shape index (κ2) is 6.08. The molecule has 0 saturated carbocycles. The third kappa shape index (κ3) is 3.69. The lowest BCUT2D eigenvalue weighted by atomic mass is 10.1. The van der Waals surface area contributed by atoms with Crippen LogP contribution in [0.25, 0.3) is 0 Å². The van der Waals surface area contributed by atoms with Gasteiger partial charge in [-0.25, -0.2) is 13.1 Å². The summed E-state index contributed by atoms with van der Waals surface area (Å²) in [6.07, 6.45) is 0. The van der Waals surface area contributed by atoms with Gasteiger partial charge in [-0.1, -0.05) is 40.2 Å². The van der Waals surface area contributed by atoms with Crippen LogP contribution in [0.2, 0.25) is 0 Å². The van der Waals surface area contributed by atoms with Gasteiger partial charge >= 0.3 is 0 Å². The maximum Gasteiger partial charge on any atom is 0.241 e. The Balaban J connectivity index is 2.24. The summed E-state index contributed by atoms with van der Waals surface area (Å²) in [6.45, 7) is 3.70. The molecule has 20 heavy (non-hydrogen) atoms. The molecule has 5 heteroatoms. The van der Waals surface area contributed by atoms with Crippen molar-refractivity contribution in [3.63, 3.8) is 0 Å². The fourth-order valence-electron chi connectivity index (χ4n) is 1.93. The second-order valence-corrected chi connectivity index (χ2v) is 7.34. The third-order valence-corrected chi connectivity index (χ3v) is 5.01. The number of rotatable bonds is 4. The van der Waals surface area contributed by atoms with Crippen LogP contribution in [-0.4, -0.2) is 8.42 Å². The van der Waals surface area contributed by atoms with E-state index in [2.05, 4.69) is 20.7 Å². The molecule has 0 aliphatic carbocycles. The number of sulfonamides is 1. The Hall–Kier alpha value is -1.17. The monoisotopic (exact) mass is 353 g/mol. The lowest BCUT2D eigenvalue weighted by molar-refractivity contribution is 0.567. The first-order chi connectivity index (χ1) is 9.38. The van der Waals surface area contributed by atoms with Crippen LogP contribution < -0.4 is 4.72 Å². The van der Waals surface area contributed by atoms with Crippen LogP contribution in [0.15, 0.2) is 57.9 Å². The van der Waals surface area contributed by atoms with E-state index in [1.54, 1.807) is 18.2 Å². The van der Waals surface area contributed by atoms with Crippen LogP contribution in [0.1, 0.15) is 24.1 Å². The molecule has 0 heterocycles. The van der Waals surface area contributed by atoms with Crippen molar-refractivity contribution in [2.75, 3.05) is 0 Å². The minimum atomic E-state index is -3.51. The van der Waals surface area contributed by atoms with E-state index in [1.165, 1.54) is 0 Å². The van der Waals surface area contributed by atoms with E-state index in [-0.39, 0.29) is 6.04 Å².